The summed E-state index contributed by atoms with van der Waals surface area (Å²) in [6.07, 6.45) is 3.02. The van der Waals surface area contributed by atoms with Crippen molar-refractivity contribution in [3.8, 4) is 11.5 Å². The molecule has 5 nitrogen and oxygen atoms in total. The molecule has 0 radical (unpaired) electrons. The Morgan fingerprint density at radius 2 is 1.73 bits per heavy atom. The molecule has 0 atom stereocenters. The highest BCUT2D eigenvalue weighted by Crippen LogP contribution is 2.31. The third-order valence-electron chi connectivity index (χ3n) is 5.08. The molecule has 2 aromatic heterocycles. The summed E-state index contributed by atoms with van der Waals surface area (Å²) in [6, 6.07) is 4.12. The predicted molar refractivity (Wildman–Crippen MR) is 90.4 cm³/mol. The molecule has 0 saturated heterocycles. The first-order valence-electron chi connectivity index (χ1n) is 9.03. The van der Waals surface area contributed by atoms with Crippen LogP contribution in [-0.2, 0) is 12.6 Å². The van der Waals surface area contributed by atoms with Gasteiger partial charge in [-0.15, -0.1) is 0 Å². The number of anilines is 1. The van der Waals surface area contributed by atoms with E-state index in [-0.39, 0.29) is 11.5 Å². The lowest BCUT2D eigenvalue weighted by Crippen LogP contribution is -2.28. The normalized spacial score (nSPS) is 18.3. The SMILES string of the molecule is FC(F)(F)c1cccc(-c2nc(CC3CCC3)nc(NC3CCC3)n2)n1. The zero-order chi connectivity index (χ0) is 18.1. The second-order valence-electron chi connectivity index (χ2n) is 7.08. The summed E-state index contributed by atoms with van der Waals surface area (Å²) in [7, 11) is 0. The Labute approximate surface area is 149 Å². The summed E-state index contributed by atoms with van der Waals surface area (Å²) in [6.45, 7) is 0. The van der Waals surface area contributed by atoms with E-state index in [9.17, 15) is 13.2 Å². The van der Waals surface area contributed by atoms with E-state index in [0.717, 1.165) is 38.2 Å². The van der Waals surface area contributed by atoms with Crippen molar-refractivity contribution in [1.82, 2.24) is 19.9 Å². The van der Waals surface area contributed by atoms with Crippen molar-refractivity contribution < 1.29 is 13.2 Å². The zero-order valence-corrected chi connectivity index (χ0v) is 14.3. The minimum Gasteiger partial charge on any atom is -0.351 e. The van der Waals surface area contributed by atoms with Crippen molar-refractivity contribution in [1.29, 1.82) is 0 Å². The molecule has 8 heteroatoms. The summed E-state index contributed by atoms with van der Waals surface area (Å²) in [5.74, 6) is 1.81. The fourth-order valence-corrected chi connectivity index (χ4v) is 3.10. The average Bonchev–Trinajstić information content (AvgIpc) is 2.54. The molecule has 0 bridgehead atoms. The molecule has 1 N–H and O–H groups in total. The second-order valence-corrected chi connectivity index (χ2v) is 7.08. The number of aromatic nitrogens is 4. The van der Waals surface area contributed by atoms with E-state index >= 15 is 0 Å². The van der Waals surface area contributed by atoms with Gasteiger partial charge in [-0.25, -0.2) is 9.97 Å². The van der Waals surface area contributed by atoms with Gasteiger partial charge in [0.25, 0.3) is 0 Å². The maximum absolute atomic E-state index is 13.0. The summed E-state index contributed by atoms with van der Waals surface area (Å²) in [5.41, 5.74) is -0.821. The van der Waals surface area contributed by atoms with Crippen LogP contribution in [-0.4, -0.2) is 26.0 Å². The van der Waals surface area contributed by atoms with E-state index < -0.39 is 11.9 Å². The van der Waals surface area contributed by atoms with E-state index in [4.69, 9.17) is 0 Å². The van der Waals surface area contributed by atoms with Crippen LogP contribution in [0.15, 0.2) is 18.2 Å². The number of halogens is 3. The lowest BCUT2D eigenvalue weighted by molar-refractivity contribution is -0.141. The molecule has 138 valence electrons. The lowest BCUT2D eigenvalue weighted by Gasteiger charge is -2.27. The van der Waals surface area contributed by atoms with Crippen molar-refractivity contribution in [2.24, 2.45) is 5.92 Å². The van der Waals surface area contributed by atoms with E-state index in [1.54, 1.807) is 0 Å². The van der Waals surface area contributed by atoms with Gasteiger partial charge in [0.05, 0.1) is 0 Å². The molecule has 0 amide bonds. The molecule has 2 heterocycles. The van der Waals surface area contributed by atoms with Crippen LogP contribution in [0.1, 0.15) is 50.0 Å². The van der Waals surface area contributed by atoms with Gasteiger partial charge in [-0.1, -0.05) is 25.3 Å². The van der Waals surface area contributed by atoms with Crippen molar-refractivity contribution in [3.05, 3.63) is 29.7 Å². The smallest absolute Gasteiger partial charge is 0.351 e. The number of rotatable bonds is 5. The molecule has 0 unspecified atom stereocenters. The molecule has 2 aliphatic rings. The summed E-state index contributed by atoms with van der Waals surface area (Å²) in [5, 5.41) is 3.27. The van der Waals surface area contributed by atoms with Crippen LogP contribution >= 0.6 is 0 Å². The van der Waals surface area contributed by atoms with E-state index in [2.05, 4.69) is 25.3 Å². The third-order valence-corrected chi connectivity index (χ3v) is 5.08. The maximum Gasteiger partial charge on any atom is 0.433 e. The number of hydrogen-bond donors (Lipinski definition) is 1. The quantitative estimate of drug-likeness (QED) is 0.860. The van der Waals surface area contributed by atoms with Crippen molar-refractivity contribution in [2.45, 2.75) is 57.2 Å². The molecule has 0 aromatic carbocycles. The Morgan fingerprint density at radius 1 is 0.962 bits per heavy atom. The lowest BCUT2D eigenvalue weighted by atomic mass is 9.83. The Bertz CT molecular complexity index is 750. The molecule has 2 aliphatic carbocycles. The van der Waals surface area contributed by atoms with Gasteiger partial charge in [-0.2, -0.15) is 23.1 Å². The van der Waals surface area contributed by atoms with Crippen LogP contribution in [0, 0.1) is 5.92 Å². The predicted octanol–water partition coefficient (Wildman–Crippen LogP) is 4.26. The van der Waals surface area contributed by atoms with Crippen LogP contribution in [0.3, 0.4) is 0 Å². The number of alkyl halides is 3. The Hall–Kier alpha value is -2.25. The molecular weight excluding hydrogens is 343 g/mol. The molecule has 2 saturated carbocycles. The van der Waals surface area contributed by atoms with Crippen LogP contribution in [0.25, 0.3) is 11.5 Å². The molecule has 26 heavy (non-hydrogen) atoms. The van der Waals surface area contributed by atoms with Gasteiger partial charge in [0, 0.05) is 12.5 Å². The highest BCUT2D eigenvalue weighted by Gasteiger charge is 2.33. The fourth-order valence-electron chi connectivity index (χ4n) is 3.10. The monoisotopic (exact) mass is 363 g/mol. The van der Waals surface area contributed by atoms with Crippen molar-refractivity contribution >= 4 is 5.95 Å². The van der Waals surface area contributed by atoms with Gasteiger partial charge >= 0.3 is 6.18 Å². The van der Waals surface area contributed by atoms with Gasteiger partial charge in [0.1, 0.15) is 17.2 Å². The molecule has 4 rings (SSSR count). The van der Waals surface area contributed by atoms with Crippen LogP contribution < -0.4 is 5.32 Å². The van der Waals surface area contributed by atoms with Crippen LogP contribution in [0.5, 0.6) is 0 Å². The summed E-state index contributed by atoms with van der Waals surface area (Å²) in [4.78, 5) is 17.0. The first-order chi connectivity index (χ1) is 12.5. The van der Waals surface area contributed by atoms with E-state index in [1.165, 1.54) is 25.0 Å². The fraction of sp³-hybridized carbons (Fsp3) is 0.556. The highest BCUT2D eigenvalue weighted by atomic mass is 19.4. The maximum atomic E-state index is 13.0. The highest BCUT2D eigenvalue weighted by molar-refractivity contribution is 5.51. The van der Waals surface area contributed by atoms with Gasteiger partial charge in [0.15, 0.2) is 5.82 Å². The van der Waals surface area contributed by atoms with Crippen molar-refractivity contribution in [2.75, 3.05) is 5.32 Å². The molecule has 2 aromatic rings. The standard InChI is InChI=1S/C18H20F3N5/c19-18(20,21)14-9-3-8-13(23-14)16-24-15(10-11-4-1-5-11)25-17(26-16)22-12-6-2-7-12/h3,8-9,11-12H,1-2,4-7,10H2,(H,22,24,25,26). The second kappa shape index (κ2) is 6.81. The first kappa shape index (κ1) is 17.2. The van der Waals surface area contributed by atoms with Crippen LogP contribution in [0.2, 0.25) is 0 Å². The number of nitrogens with one attached hydrogen (secondary N) is 1. The van der Waals surface area contributed by atoms with Gasteiger partial charge < -0.3 is 5.32 Å². The van der Waals surface area contributed by atoms with Gasteiger partial charge in [-0.3, -0.25) is 0 Å². The van der Waals surface area contributed by atoms with Crippen LogP contribution in [0.4, 0.5) is 19.1 Å². The third kappa shape index (κ3) is 3.78. The molecular formula is C18H20F3N5. The topological polar surface area (TPSA) is 63.6 Å². The molecule has 0 spiro atoms. The zero-order valence-electron chi connectivity index (χ0n) is 14.3. The van der Waals surface area contributed by atoms with E-state index in [1.807, 2.05) is 0 Å². The minimum absolute atomic E-state index is 0.119. The molecule has 2 fully saturated rings. The Morgan fingerprint density at radius 3 is 2.35 bits per heavy atom. The molecule has 0 aliphatic heterocycles. The van der Waals surface area contributed by atoms with Gasteiger partial charge in [-0.05, 0) is 37.3 Å². The largest absolute Gasteiger partial charge is 0.433 e. The Kier molecular flexibility index (Phi) is 4.50. The summed E-state index contributed by atoms with van der Waals surface area (Å²) < 4.78 is 38.9. The van der Waals surface area contributed by atoms with Gasteiger partial charge in [0.2, 0.25) is 5.95 Å². The number of pyridine rings is 1. The van der Waals surface area contributed by atoms with Crippen molar-refractivity contribution in [3.63, 3.8) is 0 Å². The first-order valence-corrected chi connectivity index (χ1v) is 9.03. The minimum atomic E-state index is -4.50. The Balaban J connectivity index is 1.66. The number of hydrogen-bond acceptors (Lipinski definition) is 5. The van der Waals surface area contributed by atoms with E-state index in [0.29, 0.717) is 23.7 Å². The number of nitrogens with zero attached hydrogens (tertiary/aromatic N) is 4. The average molecular weight is 363 g/mol. The summed E-state index contributed by atoms with van der Waals surface area (Å²) >= 11 is 0.